The number of nitrogens with one attached hydrogen (secondary N) is 1. The van der Waals surface area contributed by atoms with Crippen molar-refractivity contribution < 1.29 is 4.79 Å². The first-order valence-corrected chi connectivity index (χ1v) is 4.03. The van der Waals surface area contributed by atoms with Crippen molar-refractivity contribution in [2.24, 2.45) is 0 Å². The minimum atomic E-state index is 0.656. The first-order valence-electron chi connectivity index (χ1n) is 4.03. The van der Waals surface area contributed by atoms with Gasteiger partial charge in [-0.2, -0.15) is 5.10 Å². The Kier molecular flexibility index (Phi) is 1.60. The Labute approximate surface area is 70.6 Å². The number of rotatable bonds is 1. The molecule has 0 unspecified atom stereocenters. The predicted octanol–water partition coefficient (Wildman–Crippen LogP) is 0.233. The van der Waals surface area contributed by atoms with Gasteiger partial charge in [0.05, 0.1) is 12.2 Å². The zero-order chi connectivity index (χ0) is 8.55. The van der Waals surface area contributed by atoms with Crippen LogP contribution < -0.4 is 0 Å². The number of aromatic nitrogens is 2. The number of aromatic amines is 1. The summed E-state index contributed by atoms with van der Waals surface area (Å²) in [6.07, 6.45) is 1.81. The van der Waals surface area contributed by atoms with Gasteiger partial charge in [-0.15, -0.1) is 0 Å². The van der Waals surface area contributed by atoms with Gasteiger partial charge in [0.1, 0.15) is 0 Å². The van der Waals surface area contributed by atoms with Gasteiger partial charge in [0, 0.05) is 12.2 Å². The summed E-state index contributed by atoms with van der Waals surface area (Å²) in [6, 6.07) is 0. The van der Waals surface area contributed by atoms with Crippen LogP contribution in [-0.2, 0) is 17.8 Å². The number of fused-ring (bicyclic) bond motifs is 1. The van der Waals surface area contributed by atoms with Gasteiger partial charge in [-0.3, -0.25) is 9.89 Å². The maximum Gasteiger partial charge on any atom is 0.210 e. The van der Waals surface area contributed by atoms with Gasteiger partial charge >= 0.3 is 0 Å². The van der Waals surface area contributed by atoms with E-state index in [0.29, 0.717) is 6.54 Å². The fraction of sp³-hybridized carbons (Fsp3) is 0.500. The number of nitrogens with zero attached hydrogens (tertiary/aromatic N) is 2. The van der Waals surface area contributed by atoms with Crippen LogP contribution in [0.4, 0.5) is 0 Å². The molecular formula is C8H11N3O. The summed E-state index contributed by atoms with van der Waals surface area (Å²) in [5.41, 5.74) is 3.44. The van der Waals surface area contributed by atoms with E-state index in [-0.39, 0.29) is 0 Å². The van der Waals surface area contributed by atoms with Crippen LogP contribution in [0, 0.1) is 6.92 Å². The smallest absolute Gasteiger partial charge is 0.210 e. The maximum atomic E-state index is 10.5. The number of amides is 1. The van der Waals surface area contributed by atoms with E-state index in [1.165, 1.54) is 5.56 Å². The zero-order valence-electron chi connectivity index (χ0n) is 7.00. The molecule has 0 aromatic carbocycles. The molecule has 12 heavy (non-hydrogen) atoms. The minimum Gasteiger partial charge on any atom is -0.339 e. The number of aryl methyl sites for hydroxylation is 1. The number of carbonyl (C=O) groups excluding carboxylic acids is 1. The van der Waals surface area contributed by atoms with Crippen LogP contribution in [0.3, 0.4) is 0 Å². The first-order chi connectivity index (χ1) is 5.81. The van der Waals surface area contributed by atoms with E-state index in [1.807, 2.05) is 6.92 Å². The standard InChI is InChI=1S/C8H11N3O/c1-6-7-2-3-11(5-12)4-8(7)10-9-6/h5H,2-4H2,1H3,(H,9,10). The molecule has 2 heterocycles. The van der Waals surface area contributed by atoms with Gasteiger partial charge in [0.25, 0.3) is 0 Å². The molecule has 4 heteroatoms. The van der Waals surface area contributed by atoms with Gasteiger partial charge in [-0.1, -0.05) is 0 Å². The van der Waals surface area contributed by atoms with Crippen LogP contribution in [0.5, 0.6) is 0 Å². The molecule has 0 saturated heterocycles. The van der Waals surface area contributed by atoms with Crippen LogP contribution in [0.1, 0.15) is 17.0 Å². The lowest BCUT2D eigenvalue weighted by atomic mass is 10.1. The third-order valence-electron chi connectivity index (χ3n) is 2.31. The second-order valence-corrected chi connectivity index (χ2v) is 3.10. The molecule has 1 aromatic heterocycles. The molecule has 0 spiro atoms. The summed E-state index contributed by atoms with van der Waals surface area (Å²) < 4.78 is 0. The van der Waals surface area contributed by atoms with Crippen molar-refractivity contribution in [3.63, 3.8) is 0 Å². The van der Waals surface area contributed by atoms with Gasteiger partial charge in [0.15, 0.2) is 0 Å². The molecule has 2 rings (SSSR count). The third kappa shape index (κ3) is 0.995. The highest BCUT2D eigenvalue weighted by atomic mass is 16.1. The molecule has 0 radical (unpaired) electrons. The summed E-state index contributed by atoms with van der Waals surface area (Å²) in [4.78, 5) is 12.2. The number of hydrogen-bond donors (Lipinski definition) is 1. The van der Waals surface area contributed by atoms with Crippen molar-refractivity contribution in [1.29, 1.82) is 0 Å². The molecule has 64 valence electrons. The Morgan fingerprint density at radius 1 is 1.67 bits per heavy atom. The summed E-state index contributed by atoms with van der Waals surface area (Å²) in [6.45, 7) is 3.49. The summed E-state index contributed by atoms with van der Waals surface area (Å²) in [5.74, 6) is 0. The molecule has 1 amide bonds. The molecule has 4 nitrogen and oxygen atoms in total. The molecule has 0 bridgehead atoms. The highest BCUT2D eigenvalue weighted by Crippen LogP contribution is 2.17. The highest BCUT2D eigenvalue weighted by Gasteiger charge is 2.18. The van der Waals surface area contributed by atoms with Crippen molar-refractivity contribution in [1.82, 2.24) is 15.1 Å². The quantitative estimate of drug-likeness (QED) is 0.606. The van der Waals surface area contributed by atoms with Crippen LogP contribution in [0.2, 0.25) is 0 Å². The Morgan fingerprint density at radius 3 is 3.25 bits per heavy atom. The van der Waals surface area contributed by atoms with Crippen LogP contribution in [0.25, 0.3) is 0 Å². The second-order valence-electron chi connectivity index (χ2n) is 3.10. The zero-order valence-corrected chi connectivity index (χ0v) is 7.00. The van der Waals surface area contributed by atoms with Gasteiger partial charge in [-0.25, -0.2) is 0 Å². The second kappa shape index (κ2) is 2.62. The summed E-state index contributed by atoms with van der Waals surface area (Å²) in [7, 11) is 0. The average molecular weight is 165 g/mol. The maximum absolute atomic E-state index is 10.5. The highest BCUT2D eigenvalue weighted by molar-refractivity contribution is 5.48. The molecule has 0 fully saturated rings. The molecule has 1 N–H and O–H groups in total. The lowest BCUT2D eigenvalue weighted by molar-refractivity contribution is -0.118. The van der Waals surface area contributed by atoms with E-state index in [2.05, 4.69) is 10.2 Å². The molecule has 1 aliphatic heterocycles. The van der Waals surface area contributed by atoms with Crippen LogP contribution >= 0.6 is 0 Å². The van der Waals surface area contributed by atoms with Crippen molar-refractivity contribution in [3.05, 3.63) is 17.0 Å². The lowest BCUT2D eigenvalue weighted by Crippen LogP contribution is -2.29. The molecule has 1 aromatic rings. The predicted molar refractivity (Wildman–Crippen MR) is 43.5 cm³/mol. The fourth-order valence-corrected chi connectivity index (χ4v) is 1.58. The lowest BCUT2D eigenvalue weighted by Gasteiger charge is -2.21. The van der Waals surface area contributed by atoms with Crippen molar-refractivity contribution >= 4 is 6.41 Å². The number of H-pyrrole nitrogens is 1. The van der Waals surface area contributed by atoms with E-state index in [0.717, 1.165) is 30.8 Å². The minimum absolute atomic E-state index is 0.656. The van der Waals surface area contributed by atoms with Crippen LogP contribution in [-0.4, -0.2) is 28.1 Å². The van der Waals surface area contributed by atoms with Gasteiger partial charge in [-0.05, 0) is 18.9 Å². The van der Waals surface area contributed by atoms with E-state index < -0.39 is 0 Å². The van der Waals surface area contributed by atoms with Crippen molar-refractivity contribution in [3.8, 4) is 0 Å². The SMILES string of the molecule is Cc1[nH]nc2c1CCN(C=O)C2. The van der Waals surface area contributed by atoms with E-state index in [4.69, 9.17) is 0 Å². The topological polar surface area (TPSA) is 49.0 Å². The summed E-state index contributed by atoms with van der Waals surface area (Å²) >= 11 is 0. The van der Waals surface area contributed by atoms with E-state index in [1.54, 1.807) is 4.90 Å². The monoisotopic (exact) mass is 165 g/mol. The molecule has 0 saturated carbocycles. The first kappa shape index (κ1) is 7.34. The Hall–Kier alpha value is -1.32. The average Bonchev–Trinajstić information content (AvgIpc) is 2.47. The Morgan fingerprint density at radius 2 is 2.50 bits per heavy atom. The Bertz CT molecular complexity index is 305. The summed E-state index contributed by atoms with van der Waals surface area (Å²) in [5, 5.41) is 7.06. The van der Waals surface area contributed by atoms with Crippen molar-refractivity contribution in [2.75, 3.05) is 6.54 Å². The number of carbonyl (C=O) groups is 1. The third-order valence-corrected chi connectivity index (χ3v) is 2.31. The van der Waals surface area contributed by atoms with Crippen LogP contribution in [0.15, 0.2) is 0 Å². The largest absolute Gasteiger partial charge is 0.339 e. The molecule has 0 atom stereocenters. The van der Waals surface area contributed by atoms with E-state index >= 15 is 0 Å². The van der Waals surface area contributed by atoms with Gasteiger partial charge in [0.2, 0.25) is 6.41 Å². The molecule has 1 aliphatic rings. The molecular weight excluding hydrogens is 154 g/mol. The van der Waals surface area contributed by atoms with Crippen molar-refractivity contribution in [2.45, 2.75) is 19.9 Å². The van der Waals surface area contributed by atoms with Gasteiger partial charge < -0.3 is 4.90 Å². The number of hydrogen-bond acceptors (Lipinski definition) is 2. The Balaban J connectivity index is 2.30. The molecule has 0 aliphatic carbocycles. The fourth-order valence-electron chi connectivity index (χ4n) is 1.58. The van der Waals surface area contributed by atoms with E-state index in [9.17, 15) is 4.79 Å². The normalized spacial score (nSPS) is 15.9.